The number of rotatable bonds is 3. The van der Waals surface area contributed by atoms with E-state index in [1.165, 1.54) is 38.5 Å². The minimum Gasteiger partial charge on any atom is -0.443 e. The molecule has 0 bridgehead atoms. The zero-order valence-electron chi connectivity index (χ0n) is 24.7. The van der Waals surface area contributed by atoms with Gasteiger partial charge < -0.3 is 19.9 Å². The Labute approximate surface area is 225 Å². The number of aliphatic hydroxyl groups excluding tert-OH is 1. The van der Waals surface area contributed by atoms with E-state index >= 15 is 0 Å². The van der Waals surface area contributed by atoms with Crippen molar-refractivity contribution in [1.29, 1.82) is 0 Å². The van der Waals surface area contributed by atoms with Crippen molar-refractivity contribution in [2.75, 3.05) is 7.05 Å². The van der Waals surface area contributed by atoms with Gasteiger partial charge >= 0.3 is 6.09 Å². The van der Waals surface area contributed by atoms with Crippen LogP contribution in [0.2, 0.25) is 0 Å². The van der Waals surface area contributed by atoms with E-state index < -0.39 is 0 Å². The Bertz CT molecular complexity index is 949. The number of amides is 1. The van der Waals surface area contributed by atoms with Gasteiger partial charge in [0.1, 0.15) is 6.10 Å². The number of hydrogen-bond donors (Lipinski definition) is 2. The molecule has 1 saturated heterocycles. The molecule has 1 heterocycles. The van der Waals surface area contributed by atoms with Crippen LogP contribution in [0.4, 0.5) is 4.79 Å². The van der Waals surface area contributed by atoms with Crippen LogP contribution in [0, 0.1) is 56.7 Å². The second kappa shape index (κ2) is 8.12. The van der Waals surface area contributed by atoms with Gasteiger partial charge in [0, 0.05) is 7.05 Å². The Balaban J connectivity index is 1.29. The molecule has 2 spiro atoms. The molecule has 5 nitrogen and oxygen atoms in total. The van der Waals surface area contributed by atoms with Gasteiger partial charge in [-0.3, -0.25) is 0 Å². The molecule has 0 aromatic rings. The molecule has 1 amide bonds. The van der Waals surface area contributed by atoms with Gasteiger partial charge in [-0.2, -0.15) is 0 Å². The number of carbonyl (C=O) groups excluding carboxylic acids is 1. The standard InChI is InChI=1S/C32H53NO4/c1-18(2)26(37-27(35)33-8)20-15-19(3)25-21(36-20)16-30(7)23-10-9-22-28(4,5)24(34)11-12-31(22)17-32(23,31)14-13-29(25,30)6/h18-26,34H,9-17H2,1-8H3,(H,33,35)/t19-,20?,21?,22?,23?,24?,25?,26?,29?,30+,31?,32?/m1/s1. The monoisotopic (exact) mass is 515 g/mol. The summed E-state index contributed by atoms with van der Waals surface area (Å²) in [4.78, 5) is 12.2. The van der Waals surface area contributed by atoms with E-state index in [4.69, 9.17) is 9.47 Å². The molecule has 5 aliphatic carbocycles. The second-order valence-corrected chi connectivity index (χ2v) is 15.9. The minimum absolute atomic E-state index is 0.0292. The first kappa shape index (κ1) is 26.4. The summed E-state index contributed by atoms with van der Waals surface area (Å²) in [7, 11) is 1.63. The maximum Gasteiger partial charge on any atom is 0.407 e. The average Bonchev–Trinajstić information content (AvgIpc) is 3.43. The van der Waals surface area contributed by atoms with Crippen molar-refractivity contribution in [3.63, 3.8) is 0 Å². The van der Waals surface area contributed by atoms with E-state index in [0.29, 0.717) is 34.0 Å². The summed E-state index contributed by atoms with van der Waals surface area (Å²) in [6, 6.07) is 0. The molecule has 0 aromatic heterocycles. The fraction of sp³-hybridized carbons (Fsp3) is 0.969. The average molecular weight is 516 g/mol. The molecule has 6 fully saturated rings. The molecular formula is C32H53NO4. The van der Waals surface area contributed by atoms with Crippen molar-refractivity contribution < 1.29 is 19.4 Å². The molecule has 0 radical (unpaired) electrons. The predicted octanol–water partition coefficient (Wildman–Crippen LogP) is 6.57. The molecular weight excluding hydrogens is 462 g/mol. The quantitative estimate of drug-likeness (QED) is 0.446. The maximum atomic E-state index is 12.2. The summed E-state index contributed by atoms with van der Waals surface area (Å²) in [5.41, 5.74) is 1.58. The lowest BCUT2D eigenvalue weighted by atomic mass is 9.41. The normalized spacial score (nSPS) is 54.2. The highest BCUT2D eigenvalue weighted by Crippen LogP contribution is 2.89. The summed E-state index contributed by atoms with van der Waals surface area (Å²) >= 11 is 0. The topological polar surface area (TPSA) is 67.8 Å². The molecule has 6 aliphatic rings. The van der Waals surface area contributed by atoms with Crippen LogP contribution in [0.1, 0.15) is 106 Å². The van der Waals surface area contributed by atoms with E-state index in [0.717, 1.165) is 25.2 Å². The maximum absolute atomic E-state index is 12.2. The number of hydrogen-bond acceptors (Lipinski definition) is 4. The fourth-order valence-electron chi connectivity index (χ4n) is 12.4. The van der Waals surface area contributed by atoms with Gasteiger partial charge in [-0.1, -0.05) is 48.5 Å². The summed E-state index contributed by atoms with van der Waals surface area (Å²) in [6.45, 7) is 16.7. The first-order valence-electron chi connectivity index (χ1n) is 15.5. The molecule has 12 atom stereocenters. The Kier molecular flexibility index (Phi) is 5.79. The third-order valence-electron chi connectivity index (χ3n) is 14.2. The highest BCUT2D eigenvalue weighted by molar-refractivity contribution is 5.66. The molecule has 210 valence electrons. The number of carbonyl (C=O) groups is 1. The molecule has 1 aliphatic heterocycles. The fourth-order valence-corrected chi connectivity index (χ4v) is 12.4. The molecule has 6 rings (SSSR count). The highest BCUT2D eigenvalue weighted by atomic mass is 16.6. The van der Waals surface area contributed by atoms with E-state index in [-0.39, 0.29) is 47.3 Å². The van der Waals surface area contributed by atoms with Crippen molar-refractivity contribution >= 4 is 6.09 Å². The minimum atomic E-state index is -0.352. The molecule has 5 heteroatoms. The molecule has 0 aromatic carbocycles. The smallest absolute Gasteiger partial charge is 0.407 e. The SMILES string of the molecule is CNC(=O)OC(C(C)C)C1C[C@@H](C)C2C(C[C@@]3(C)C4CCC5C(C)(C)C(O)CCC56CC46CCC23C)O1. The van der Waals surface area contributed by atoms with Crippen molar-refractivity contribution in [2.45, 2.75) is 131 Å². The van der Waals surface area contributed by atoms with Crippen molar-refractivity contribution in [3.8, 4) is 0 Å². The second-order valence-electron chi connectivity index (χ2n) is 15.9. The van der Waals surface area contributed by atoms with Crippen LogP contribution in [-0.4, -0.2) is 42.7 Å². The van der Waals surface area contributed by atoms with Crippen molar-refractivity contribution in [2.24, 2.45) is 56.7 Å². The van der Waals surface area contributed by atoms with Gasteiger partial charge in [0.15, 0.2) is 0 Å². The Morgan fingerprint density at radius 3 is 2.35 bits per heavy atom. The van der Waals surface area contributed by atoms with E-state index in [1.807, 2.05) is 0 Å². The summed E-state index contributed by atoms with van der Waals surface area (Å²) in [5, 5.41) is 13.6. The van der Waals surface area contributed by atoms with Crippen LogP contribution in [-0.2, 0) is 9.47 Å². The zero-order valence-corrected chi connectivity index (χ0v) is 24.7. The lowest BCUT2D eigenvalue weighted by molar-refractivity contribution is -0.175. The van der Waals surface area contributed by atoms with Gasteiger partial charge in [0.05, 0.1) is 18.3 Å². The van der Waals surface area contributed by atoms with Crippen LogP contribution < -0.4 is 5.32 Å². The first-order valence-corrected chi connectivity index (χ1v) is 15.5. The summed E-state index contributed by atoms with van der Waals surface area (Å²) < 4.78 is 12.9. The molecule has 10 unspecified atom stereocenters. The van der Waals surface area contributed by atoms with Crippen LogP contribution in [0.25, 0.3) is 0 Å². The first-order chi connectivity index (χ1) is 17.3. The van der Waals surface area contributed by atoms with Gasteiger partial charge in [-0.05, 0) is 114 Å². The van der Waals surface area contributed by atoms with Gasteiger partial charge in [0.25, 0.3) is 0 Å². The summed E-state index contributed by atoms with van der Waals surface area (Å²) in [5.74, 6) is 2.80. The summed E-state index contributed by atoms with van der Waals surface area (Å²) in [6.07, 6.45) is 10.6. The Morgan fingerprint density at radius 1 is 1.00 bits per heavy atom. The predicted molar refractivity (Wildman–Crippen MR) is 145 cm³/mol. The van der Waals surface area contributed by atoms with E-state index in [2.05, 4.69) is 53.8 Å². The molecule has 5 saturated carbocycles. The zero-order chi connectivity index (χ0) is 26.8. The number of nitrogens with one attached hydrogen (secondary N) is 1. The van der Waals surface area contributed by atoms with Crippen molar-refractivity contribution in [3.05, 3.63) is 0 Å². The highest BCUT2D eigenvalue weighted by Gasteiger charge is 2.83. The number of alkyl carbamates (subject to hydrolysis) is 1. The Hall–Kier alpha value is -0.810. The molecule has 2 N–H and O–H groups in total. The number of ether oxygens (including phenoxy) is 2. The number of fused-ring (bicyclic) bond motifs is 4. The van der Waals surface area contributed by atoms with E-state index in [1.54, 1.807) is 7.05 Å². The van der Waals surface area contributed by atoms with Gasteiger partial charge in [0.2, 0.25) is 0 Å². The molecule has 37 heavy (non-hydrogen) atoms. The number of aliphatic hydroxyl groups is 1. The van der Waals surface area contributed by atoms with Crippen LogP contribution >= 0.6 is 0 Å². The van der Waals surface area contributed by atoms with Gasteiger partial charge in [-0.25, -0.2) is 4.79 Å². The van der Waals surface area contributed by atoms with Gasteiger partial charge in [-0.15, -0.1) is 0 Å². The third kappa shape index (κ3) is 3.19. The Morgan fingerprint density at radius 2 is 1.68 bits per heavy atom. The largest absolute Gasteiger partial charge is 0.443 e. The van der Waals surface area contributed by atoms with Crippen molar-refractivity contribution in [1.82, 2.24) is 5.32 Å². The lowest BCUT2D eigenvalue weighted by Gasteiger charge is -2.63. The van der Waals surface area contributed by atoms with Crippen LogP contribution in [0.5, 0.6) is 0 Å². The van der Waals surface area contributed by atoms with Crippen LogP contribution in [0.15, 0.2) is 0 Å². The van der Waals surface area contributed by atoms with Crippen LogP contribution in [0.3, 0.4) is 0 Å². The lowest BCUT2D eigenvalue weighted by Crippen LogP contribution is -2.58. The third-order valence-corrected chi connectivity index (χ3v) is 14.2. The van der Waals surface area contributed by atoms with E-state index in [9.17, 15) is 9.90 Å².